The van der Waals surface area contributed by atoms with Crippen LogP contribution in [0.3, 0.4) is 0 Å². The first-order chi connectivity index (χ1) is 15.3. The molecule has 0 spiro atoms. The lowest BCUT2D eigenvalue weighted by atomic mass is 9.96. The molecule has 0 amide bonds. The van der Waals surface area contributed by atoms with Crippen LogP contribution < -0.4 is 14.9 Å². The fourth-order valence-electron chi connectivity index (χ4n) is 3.54. The lowest BCUT2D eigenvalue weighted by molar-refractivity contribution is -0.139. The van der Waals surface area contributed by atoms with Crippen molar-refractivity contribution >= 4 is 58.2 Å². The molecular formula is C23H17Cl3N2O3S. The Balaban J connectivity index is 1.98. The van der Waals surface area contributed by atoms with Crippen molar-refractivity contribution in [2.45, 2.75) is 19.9 Å². The quantitative estimate of drug-likeness (QED) is 0.479. The van der Waals surface area contributed by atoms with Crippen LogP contribution in [0.25, 0.3) is 6.08 Å². The number of allylic oxidation sites excluding steroid dienone is 1. The summed E-state index contributed by atoms with van der Waals surface area (Å²) in [5, 5.41) is 1.26. The number of aromatic nitrogens is 1. The number of halogens is 3. The van der Waals surface area contributed by atoms with Gasteiger partial charge in [0.15, 0.2) is 4.80 Å². The first kappa shape index (κ1) is 22.8. The molecule has 0 fully saturated rings. The normalized spacial score (nSPS) is 16.0. The zero-order chi connectivity index (χ0) is 23.0. The van der Waals surface area contributed by atoms with Crippen molar-refractivity contribution in [3.8, 4) is 0 Å². The second-order valence-electron chi connectivity index (χ2n) is 7.00. The Morgan fingerprint density at radius 2 is 1.91 bits per heavy atom. The van der Waals surface area contributed by atoms with Gasteiger partial charge in [0.2, 0.25) is 0 Å². The van der Waals surface area contributed by atoms with Crippen LogP contribution in [0.2, 0.25) is 15.1 Å². The van der Waals surface area contributed by atoms with Gasteiger partial charge in [-0.1, -0.05) is 70.4 Å². The minimum absolute atomic E-state index is 0.201. The molecule has 1 aliphatic heterocycles. The highest BCUT2D eigenvalue weighted by molar-refractivity contribution is 7.07. The second-order valence-corrected chi connectivity index (χ2v) is 9.23. The maximum absolute atomic E-state index is 13.5. The van der Waals surface area contributed by atoms with Crippen molar-refractivity contribution < 1.29 is 9.53 Å². The molecule has 164 valence electrons. The van der Waals surface area contributed by atoms with Gasteiger partial charge in [0.25, 0.3) is 5.56 Å². The highest BCUT2D eigenvalue weighted by Gasteiger charge is 2.34. The zero-order valence-electron chi connectivity index (χ0n) is 17.1. The standard InChI is InChI=1S/C23H17Cl3N2O3S/c1-3-31-22(30)19-12(2)27-23-28(20(19)14-6-4-5-7-15(14)24)21(29)18(32-23)11-13-8-9-16(25)17(26)10-13/h4-11,20H,3H2,1-2H3. The molecule has 4 rings (SSSR count). The Morgan fingerprint density at radius 1 is 1.16 bits per heavy atom. The monoisotopic (exact) mass is 506 g/mol. The van der Waals surface area contributed by atoms with Gasteiger partial charge in [0.1, 0.15) is 6.04 Å². The number of ether oxygens (including phenoxy) is 1. The van der Waals surface area contributed by atoms with E-state index in [-0.39, 0.29) is 17.7 Å². The summed E-state index contributed by atoms with van der Waals surface area (Å²) >= 11 is 19.8. The molecule has 5 nitrogen and oxygen atoms in total. The molecule has 0 saturated heterocycles. The maximum Gasteiger partial charge on any atom is 0.338 e. The number of carbonyl (C=O) groups excluding carboxylic acids is 1. The van der Waals surface area contributed by atoms with E-state index in [0.717, 1.165) is 5.56 Å². The van der Waals surface area contributed by atoms with Gasteiger partial charge in [-0.3, -0.25) is 9.36 Å². The Labute approximate surface area is 202 Å². The van der Waals surface area contributed by atoms with Crippen LogP contribution in [0.5, 0.6) is 0 Å². The topological polar surface area (TPSA) is 60.7 Å². The van der Waals surface area contributed by atoms with Gasteiger partial charge < -0.3 is 4.74 Å². The summed E-state index contributed by atoms with van der Waals surface area (Å²) in [6, 6.07) is 11.5. The van der Waals surface area contributed by atoms with E-state index >= 15 is 0 Å². The van der Waals surface area contributed by atoms with Crippen LogP contribution in [0.1, 0.15) is 31.0 Å². The van der Waals surface area contributed by atoms with Crippen molar-refractivity contribution in [2.24, 2.45) is 4.99 Å². The van der Waals surface area contributed by atoms with Crippen LogP contribution in [-0.4, -0.2) is 17.1 Å². The van der Waals surface area contributed by atoms with E-state index in [0.29, 0.717) is 35.7 Å². The van der Waals surface area contributed by atoms with E-state index in [9.17, 15) is 9.59 Å². The fourth-order valence-corrected chi connectivity index (χ4v) is 5.13. The van der Waals surface area contributed by atoms with Gasteiger partial charge >= 0.3 is 5.97 Å². The first-order valence-corrected chi connectivity index (χ1v) is 11.7. The van der Waals surface area contributed by atoms with Gasteiger partial charge in [-0.2, -0.15) is 0 Å². The maximum atomic E-state index is 13.5. The van der Waals surface area contributed by atoms with E-state index in [2.05, 4.69) is 4.99 Å². The highest BCUT2D eigenvalue weighted by Crippen LogP contribution is 2.34. The minimum atomic E-state index is -0.755. The van der Waals surface area contributed by atoms with Crippen LogP contribution in [0.15, 0.2) is 63.5 Å². The third-order valence-corrected chi connectivity index (χ3v) is 7.02. The number of esters is 1. The van der Waals surface area contributed by atoms with E-state index in [1.165, 1.54) is 15.9 Å². The molecule has 1 aromatic heterocycles. The third-order valence-electron chi connectivity index (χ3n) is 4.96. The Kier molecular flexibility index (Phi) is 6.58. The molecule has 0 aliphatic carbocycles. The van der Waals surface area contributed by atoms with Crippen LogP contribution >= 0.6 is 46.1 Å². The van der Waals surface area contributed by atoms with Gasteiger partial charge in [-0.05, 0) is 49.2 Å². The average molecular weight is 508 g/mol. The first-order valence-electron chi connectivity index (χ1n) is 9.71. The molecule has 0 saturated carbocycles. The number of fused-ring (bicyclic) bond motifs is 1. The molecular weight excluding hydrogens is 491 g/mol. The summed E-state index contributed by atoms with van der Waals surface area (Å²) in [6.45, 7) is 3.66. The van der Waals surface area contributed by atoms with E-state index in [1.54, 1.807) is 56.3 Å². The fraction of sp³-hybridized carbons (Fsp3) is 0.174. The number of thiazole rings is 1. The predicted molar refractivity (Wildman–Crippen MR) is 128 cm³/mol. The van der Waals surface area contributed by atoms with Crippen molar-refractivity contribution in [1.29, 1.82) is 0 Å². The molecule has 0 radical (unpaired) electrons. The molecule has 2 heterocycles. The highest BCUT2D eigenvalue weighted by atomic mass is 35.5. The molecule has 3 aromatic rings. The Hall–Kier alpha value is -2.38. The summed E-state index contributed by atoms with van der Waals surface area (Å²) in [6.07, 6.45) is 1.72. The lowest BCUT2D eigenvalue weighted by Gasteiger charge is -2.25. The SMILES string of the molecule is CCOC(=O)C1=C(C)N=c2sc(=Cc3ccc(Cl)c(Cl)c3)c(=O)n2C1c1ccccc1Cl. The number of rotatable bonds is 4. The number of benzene rings is 2. The number of nitrogens with zero attached hydrogens (tertiary/aromatic N) is 2. The molecule has 9 heteroatoms. The largest absolute Gasteiger partial charge is 0.463 e. The van der Waals surface area contributed by atoms with Crippen LogP contribution in [0.4, 0.5) is 0 Å². The zero-order valence-corrected chi connectivity index (χ0v) is 20.1. The van der Waals surface area contributed by atoms with Crippen molar-refractivity contribution in [3.05, 3.63) is 99.6 Å². The van der Waals surface area contributed by atoms with Gasteiger partial charge in [0, 0.05) is 5.02 Å². The number of hydrogen-bond acceptors (Lipinski definition) is 5. The summed E-state index contributed by atoms with van der Waals surface area (Å²) < 4.78 is 7.21. The van der Waals surface area contributed by atoms with Crippen LogP contribution in [-0.2, 0) is 9.53 Å². The molecule has 0 bridgehead atoms. The van der Waals surface area contributed by atoms with E-state index < -0.39 is 12.0 Å². The van der Waals surface area contributed by atoms with Crippen molar-refractivity contribution in [2.75, 3.05) is 6.61 Å². The van der Waals surface area contributed by atoms with Crippen LogP contribution in [0, 0.1) is 0 Å². The third kappa shape index (κ3) is 4.16. The average Bonchev–Trinajstić information content (AvgIpc) is 3.05. The Morgan fingerprint density at radius 3 is 2.59 bits per heavy atom. The molecule has 2 aromatic carbocycles. The van der Waals surface area contributed by atoms with Gasteiger partial charge in [0.05, 0.1) is 32.5 Å². The minimum Gasteiger partial charge on any atom is -0.463 e. The van der Waals surface area contributed by atoms with Crippen molar-refractivity contribution in [3.63, 3.8) is 0 Å². The molecule has 1 unspecified atom stereocenters. The molecule has 0 N–H and O–H groups in total. The number of carbonyl (C=O) groups is 1. The summed E-state index contributed by atoms with van der Waals surface area (Å²) in [4.78, 5) is 31.4. The Bertz CT molecular complexity index is 1440. The molecule has 1 aliphatic rings. The van der Waals surface area contributed by atoms with E-state index in [1.807, 2.05) is 6.07 Å². The smallest absolute Gasteiger partial charge is 0.338 e. The predicted octanol–water partition coefficient (Wildman–Crippen LogP) is 4.76. The molecule has 1 atom stereocenters. The lowest BCUT2D eigenvalue weighted by Crippen LogP contribution is -2.40. The summed E-state index contributed by atoms with van der Waals surface area (Å²) in [7, 11) is 0. The summed E-state index contributed by atoms with van der Waals surface area (Å²) in [5.74, 6) is -0.530. The summed E-state index contributed by atoms with van der Waals surface area (Å²) in [5.41, 5.74) is 1.82. The van der Waals surface area contributed by atoms with Crippen molar-refractivity contribution in [1.82, 2.24) is 4.57 Å². The second kappa shape index (κ2) is 9.24. The van der Waals surface area contributed by atoms with Gasteiger partial charge in [-0.15, -0.1) is 0 Å². The van der Waals surface area contributed by atoms with Gasteiger partial charge in [-0.25, -0.2) is 9.79 Å². The molecule has 32 heavy (non-hydrogen) atoms. The number of hydrogen-bond donors (Lipinski definition) is 0. The van der Waals surface area contributed by atoms with E-state index in [4.69, 9.17) is 39.5 Å².